The summed E-state index contributed by atoms with van der Waals surface area (Å²) in [5.74, 6) is -0.462. The number of nitrogens with zero attached hydrogens (tertiary/aromatic N) is 2. The third kappa shape index (κ3) is 5.02. The fourth-order valence-corrected chi connectivity index (χ4v) is 4.71. The second-order valence-electron chi connectivity index (χ2n) is 7.86. The standard InChI is InChI=1S/C24H26N4O3S/c1-2-16-11-13-18(14-12-16)28-22(30)19-9-5-6-10-20(19)26-24(28)32-15-21(29)27-23(31)25-17-7-3-4-8-17/h5-6,9-14,17H,2-4,7-8,15H2,1H3,(H2,25,27,29,31). The quantitative estimate of drug-likeness (QED) is 0.440. The lowest BCUT2D eigenvalue weighted by Crippen LogP contribution is -2.44. The minimum atomic E-state index is -0.471. The summed E-state index contributed by atoms with van der Waals surface area (Å²) >= 11 is 1.13. The number of imide groups is 1. The van der Waals surface area contributed by atoms with E-state index in [1.54, 1.807) is 18.2 Å². The Morgan fingerprint density at radius 1 is 1.09 bits per heavy atom. The van der Waals surface area contributed by atoms with Crippen molar-refractivity contribution in [2.45, 2.75) is 50.2 Å². The number of aryl methyl sites for hydroxylation is 1. The van der Waals surface area contributed by atoms with E-state index in [1.807, 2.05) is 30.3 Å². The van der Waals surface area contributed by atoms with E-state index in [1.165, 1.54) is 4.57 Å². The highest BCUT2D eigenvalue weighted by molar-refractivity contribution is 7.99. The summed E-state index contributed by atoms with van der Waals surface area (Å²) in [6.45, 7) is 2.07. The van der Waals surface area contributed by atoms with Gasteiger partial charge in [0.05, 0.1) is 22.3 Å². The number of fused-ring (bicyclic) bond motifs is 1. The first-order valence-electron chi connectivity index (χ1n) is 10.9. The van der Waals surface area contributed by atoms with Gasteiger partial charge in [-0.25, -0.2) is 9.78 Å². The maximum Gasteiger partial charge on any atom is 0.321 e. The molecule has 8 heteroatoms. The van der Waals surface area contributed by atoms with Gasteiger partial charge in [0, 0.05) is 6.04 Å². The van der Waals surface area contributed by atoms with E-state index in [-0.39, 0.29) is 17.4 Å². The zero-order valence-corrected chi connectivity index (χ0v) is 18.8. The van der Waals surface area contributed by atoms with Crippen molar-refractivity contribution in [2.75, 3.05) is 5.75 Å². The normalized spacial score (nSPS) is 13.9. The number of urea groups is 1. The number of nitrogens with one attached hydrogen (secondary N) is 2. The van der Waals surface area contributed by atoms with E-state index in [2.05, 4.69) is 22.5 Å². The molecular weight excluding hydrogens is 424 g/mol. The van der Waals surface area contributed by atoms with Gasteiger partial charge in [0.1, 0.15) is 0 Å². The molecule has 1 aliphatic rings. The molecule has 0 radical (unpaired) electrons. The summed E-state index contributed by atoms with van der Waals surface area (Å²) in [5.41, 5.74) is 2.23. The largest absolute Gasteiger partial charge is 0.335 e. The highest BCUT2D eigenvalue weighted by Crippen LogP contribution is 2.22. The number of carbonyl (C=O) groups is 2. The van der Waals surface area contributed by atoms with Crippen molar-refractivity contribution in [3.63, 3.8) is 0 Å². The molecular formula is C24H26N4O3S. The minimum Gasteiger partial charge on any atom is -0.335 e. The van der Waals surface area contributed by atoms with Crippen molar-refractivity contribution in [3.05, 3.63) is 64.4 Å². The Hall–Kier alpha value is -3.13. The topological polar surface area (TPSA) is 93.1 Å². The molecule has 0 unspecified atom stereocenters. The molecule has 3 amide bonds. The maximum absolute atomic E-state index is 13.3. The van der Waals surface area contributed by atoms with Crippen LogP contribution in [0.3, 0.4) is 0 Å². The highest BCUT2D eigenvalue weighted by Gasteiger charge is 2.19. The monoisotopic (exact) mass is 450 g/mol. The number of hydrogen-bond acceptors (Lipinski definition) is 5. The first kappa shape index (κ1) is 22.1. The molecule has 2 N–H and O–H groups in total. The third-order valence-electron chi connectivity index (χ3n) is 5.62. The number of thioether (sulfide) groups is 1. The molecule has 3 aromatic rings. The number of amides is 3. The zero-order chi connectivity index (χ0) is 22.5. The molecule has 1 heterocycles. The second kappa shape index (κ2) is 9.99. The fraction of sp³-hybridized carbons (Fsp3) is 0.333. The lowest BCUT2D eigenvalue weighted by Gasteiger charge is -2.14. The summed E-state index contributed by atoms with van der Waals surface area (Å²) in [5, 5.41) is 6.13. The van der Waals surface area contributed by atoms with E-state index in [0.29, 0.717) is 21.7 Å². The number of aromatic nitrogens is 2. The van der Waals surface area contributed by atoms with Gasteiger partial charge in [0.25, 0.3) is 5.56 Å². The van der Waals surface area contributed by atoms with E-state index in [0.717, 1.165) is 49.4 Å². The van der Waals surface area contributed by atoms with Gasteiger partial charge in [-0.05, 0) is 49.1 Å². The fourth-order valence-electron chi connectivity index (χ4n) is 3.90. The maximum atomic E-state index is 13.3. The lowest BCUT2D eigenvalue weighted by atomic mass is 10.1. The molecule has 1 fully saturated rings. The van der Waals surface area contributed by atoms with Crippen molar-refractivity contribution in [1.82, 2.24) is 20.2 Å². The van der Waals surface area contributed by atoms with Crippen molar-refractivity contribution >= 4 is 34.6 Å². The molecule has 0 saturated heterocycles. The van der Waals surface area contributed by atoms with Crippen LogP contribution in [0.15, 0.2) is 58.5 Å². The summed E-state index contributed by atoms with van der Waals surface area (Å²) in [6, 6.07) is 14.5. The molecule has 0 spiro atoms. The van der Waals surface area contributed by atoms with Crippen molar-refractivity contribution < 1.29 is 9.59 Å². The molecule has 0 atom stereocenters. The van der Waals surface area contributed by atoms with Crippen LogP contribution in [0.5, 0.6) is 0 Å². The summed E-state index contributed by atoms with van der Waals surface area (Å²) in [4.78, 5) is 42.3. The van der Waals surface area contributed by atoms with Crippen LogP contribution in [0.25, 0.3) is 16.6 Å². The SMILES string of the molecule is CCc1ccc(-n2c(SCC(=O)NC(=O)NC3CCCC3)nc3ccccc3c2=O)cc1. The van der Waals surface area contributed by atoms with Crippen LogP contribution in [-0.4, -0.2) is 33.3 Å². The second-order valence-corrected chi connectivity index (χ2v) is 8.81. The smallest absolute Gasteiger partial charge is 0.321 e. The molecule has 0 aliphatic heterocycles. The molecule has 1 aromatic heterocycles. The molecule has 7 nitrogen and oxygen atoms in total. The molecule has 0 bridgehead atoms. The third-order valence-corrected chi connectivity index (χ3v) is 6.56. The van der Waals surface area contributed by atoms with Crippen molar-refractivity contribution in [3.8, 4) is 5.69 Å². The Morgan fingerprint density at radius 2 is 1.81 bits per heavy atom. The molecule has 1 saturated carbocycles. The number of rotatable bonds is 6. The molecule has 32 heavy (non-hydrogen) atoms. The summed E-state index contributed by atoms with van der Waals surface area (Å²) in [6.07, 6.45) is 4.98. The van der Waals surface area contributed by atoms with E-state index >= 15 is 0 Å². The van der Waals surface area contributed by atoms with Gasteiger partial charge < -0.3 is 5.32 Å². The highest BCUT2D eigenvalue weighted by atomic mass is 32.2. The predicted octanol–water partition coefficient (Wildman–Crippen LogP) is 3.81. The zero-order valence-electron chi connectivity index (χ0n) is 18.0. The summed E-state index contributed by atoms with van der Waals surface area (Å²) < 4.78 is 1.53. The van der Waals surface area contributed by atoms with Crippen LogP contribution in [0.2, 0.25) is 0 Å². The van der Waals surface area contributed by atoms with Crippen molar-refractivity contribution in [2.24, 2.45) is 0 Å². The Labute approximate surface area is 190 Å². The van der Waals surface area contributed by atoms with Gasteiger partial charge in [-0.1, -0.05) is 55.8 Å². The van der Waals surface area contributed by atoms with E-state index < -0.39 is 11.9 Å². The van der Waals surface area contributed by atoms with Gasteiger partial charge in [-0.15, -0.1) is 0 Å². The van der Waals surface area contributed by atoms with Crippen LogP contribution in [0.1, 0.15) is 38.2 Å². The van der Waals surface area contributed by atoms with Gasteiger partial charge in [-0.2, -0.15) is 0 Å². The Balaban J connectivity index is 1.56. The molecule has 1 aliphatic carbocycles. The average Bonchev–Trinajstić information content (AvgIpc) is 3.31. The lowest BCUT2D eigenvalue weighted by molar-refractivity contribution is -0.117. The molecule has 166 valence electrons. The van der Waals surface area contributed by atoms with E-state index in [4.69, 9.17) is 0 Å². The van der Waals surface area contributed by atoms with Crippen LogP contribution >= 0.6 is 11.8 Å². The first-order valence-corrected chi connectivity index (χ1v) is 11.9. The van der Waals surface area contributed by atoms with Crippen molar-refractivity contribution in [1.29, 1.82) is 0 Å². The number of hydrogen-bond donors (Lipinski definition) is 2. The van der Waals surface area contributed by atoms with Gasteiger partial charge >= 0.3 is 6.03 Å². The van der Waals surface area contributed by atoms with Crippen LogP contribution < -0.4 is 16.2 Å². The first-order chi connectivity index (χ1) is 15.5. The summed E-state index contributed by atoms with van der Waals surface area (Å²) in [7, 11) is 0. The van der Waals surface area contributed by atoms with Crippen LogP contribution in [0, 0.1) is 0 Å². The molecule has 2 aromatic carbocycles. The van der Waals surface area contributed by atoms with Crippen LogP contribution in [0.4, 0.5) is 4.79 Å². The predicted molar refractivity (Wildman–Crippen MR) is 126 cm³/mol. The Bertz CT molecular complexity index is 1180. The Kier molecular flexibility index (Phi) is 6.90. The van der Waals surface area contributed by atoms with E-state index in [9.17, 15) is 14.4 Å². The minimum absolute atomic E-state index is 0.0318. The average molecular weight is 451 g/mol. The number of carbonyl (C=O) groups excluding carboxylic acids is 2. The van der Waals surface area contributed by atoms with Gasteiger partial charge in [0.2, 0.25) is 5.91 Å². The van der Waals surface area contributed by atoms with Crippen LogP contribution in [-0.2, 0) is 11.2 Å². The number of benzene rings is 2. The Morgan fingerprint density at radius 3 is 2.53 bits per heavy atom. The van der Waals surface area contributed by atoms with Gasteiger partial charge in [0.15, 0.2) is 5.16 Å². The number of para-hydroxylation sites is 1. The van der Waals surface area contributed by atoms with Gasteiger partial charge in [-0.3, -0.25) is 19.5 Å². The molecule has 4 rings (SSSR count).